The molecule has 4 heteroatoms. The molecule has 3 nitrogen and oxygen atoms in total. The van der Waals surface area contributed by atoms with Crippen molar-refractivity contribution in [2.24, 2.45) is 0 Å². The van der Waals surface area contributed by atoms with Crippen LogP contribution >= 0.6 is 0 Å². The van der Waals surface area contributed by atoms with Crippen molar-refractivity contribution in [3.8, 4) is 5.75 Å². The summed E-state index contributed by atoms with van der Waals surface area (Å²) in [6.07, 6.45) is 0.901. The van der Waals surface area contributed by atoms with Gasteiger partial charge in [0, 0.05) is 25.5 Å². The number of hydrogen-bond donors (Lipinski definition) is 1. The Balaban J connectivity index is 2.51. The molecular weight excluding hydrogens is 220 g/mol. The summed E-state index contributed by atoms with van der Waals surface area (Å²) < 4.78 is 10.8. The standard InChI is InChI=1S/C12H19O3Si/c1-3-16(15-10-6-9-14-2)12-8-5-4-7-11(12)13/h4-5,7-8,13H,3,6,9-10H2,1-2H3. The van der Waals surface area contributed by atoms with Crippen LogP contribution in [-0.4, -0.2) is 34.5 Å². The van der Waals surface area contributed by atoms with Crippen LogP contribution in [0.2, 0.25) is 6.04 Å². The zero-order chi connectivity index (χ0) is 11.8. The van der Waals surface area contributed by atoms with E-state index in [0.717, 1.165) is 24.3 Å². The molecule has 1 aromatic rings. The quantitative estimate of drug-likeness (QED) is 0.581. The molecule has 0 aliphatic heterocycles. The molecule has 0 fully saturated rings. The molecule has 0 spiro atoms. The van der Waals surface area contributed by atoms with Gasteiger partial charge in [0.15, 0.2) is 0 Å². The molecular formula is C12H19O3Si. The fourth-order valence-corrected chi connectivity index (χ4v) is 3.26. The molecule has 0 saturated heterocycles. The molecule has 1 radical (unpaired) electrons. The molecule has 0 aliphatic rings. The highest BCUT2D eigenvalue weighted by Crippen LogP contribution is 2.08. The Morgan fingerprint density at radius 2 is 2.00 bits per heavy atom. The molecule has 0 saturated carbocycles. The maximum Gasteiger partial charge on any atom is 0.250 e. The lowest BCUT2D eigenvalue weighted by Gasteiger charge is -2.14. The Morgan fingerprint density at radius 3 is 2.62 bits per heavy atom. The maximum atomic E-state index is 9.74. The van der Waals surface area contributed by atoms with Crippen LogP contribution in [0.4, 0.5) is 0 Å². The van der Waals surface area contributed by atoms with E-state index >= 15 is 0 Å². The van der Waals surface area contributed by atoms with E-state index in [0.29, 0.717) is 12.4 Å². The summed E-state index contributed by atoms with van der Waals surface area (Å²) in [6.45, 7) is 3.51. The van der Waals surface area contributed by atoms with Gasteiger partial charge in [-0.25, -0.2) is 0 Å². The first kappa shape index (κ1) is 13.2. The largest absolute Gasteiger partial charge is 0.508 e. The summed E-state index contributed by atoms with van der Waals surface area (Å²) in [6, 6.07) is 8.39. The third-order valence-electron chi connectivity index (χ3n) is 2.29. The molecule has 0 aliphatic carbocycles. The third-order valence-corrected chi connectivity index (χ3v) is 4.51. The maximum absolute atomic E-state index is 9.74. The first-order chi connectivity index (χ1) is 7.79. The molecule has 0 aromatic heterocycles. The van der Waals surface area contributed by atoms with Crippen molar-refractivity contribution in [2.75, 3.05) is 20.3 Å². The molecule has 1 N–H and O–H groups in total. The Kier molecular flexibility index (Phi) is 6.14. The topological polar surface area (TPSA) is 38.7 Å². The lowest BCUT2D eigenvalue weighted by molar-refractivity contribution is 0.172. The van der Waals surface area contributed by atoms with Gasteiger partial charge in [0.05, 0.1) is 0 Å². The van der Waals surface area contributed by atoms with Crippen LogP contribution in [0.1, 0.15) is 13.3 Å². The van der Waals surface area contributed by atoms with Gasteiger partial charge in [-0.15, -0.1) is 0 Å². The van der Waals surface area contributed by atoms with E-state index < -0.39 is 9.04 Å². The number of rotatable bonds is 7. The normalized spacial score (nSPS) is 10.9. The van der Waals surface area contributed by atoms with Crippen molar-refractivity contribution in [3.05, 3.63) is 24.3 Å². The van der Waals surface area contributed by atoms with Gasteiger partial charge >= 0.3 is 0 Å². The Hall–Kier alpha value is -0.843. The summed E-state index contributed by atoms with van der Waals surface area (Å²) in [4.78, 5) is 0. The fraction of sp³-hybridized carbons (Fsp3) is 0.500. The molecule has 0 amide bonds. The minimum absolute atomic E-state index is 0.352. The second kappa shape index (κ2) is 7.43. The SMILES string of the molecule is CC[Si](OCCCOC)c1ccccc1O. The second-order valence-corrected chi connectivity index (χ2v) is 5.87. The summed E-state index contributed by atoms with van der Waals surface area (Å²) in [5.41, 5.74) is 0. The van der Waals surface area contributed by atoms with Crippen LogP contribution in [0.5, 0.6) is 5.75 Å². The average molecular weight is 239 g/mol. The first-order valence-corrected chi connectivity index (χ1v) is 7.17. The lowest BCUT2D eigenvalue weighted by atomic mass is 10.3. The molecule has 1 rings (SSSR count). The summed E-state index contributed by atoms with van der Waals surface area (Å²) in [5, 5.41) is 10.7. The van der Waals surface area contributed by atoms with Crippen LogP contribution in [0.3, 0.4) is 0 Å². The third kappa shape index (κ3) is 3.96. The minimum atomic E-state index is -1.08. The minimum Gasteiger partial charge on any atom is -0.508 e. The van der Waals surface area contributed by atoms with E-state index in [-0.39, 0.29) is 0 Å². The Morgan fingerprint density at radius 1 is 1.25 bits per heavy atom. The van der Waals surface area contributed by atoms with Crippen LogP contribution in [0, 0.1) is 0 Å². The van der Waals surface area contributed by atoms with Crippen molar-refractivity contribution in [2.45, 2.75) is 19.4 Å². The van der Waals surface area contributed by atoms with E-state index in [1.54, 1.807) is 13.2 Å². The second-order valence-electron chi connectivity index (χ2n) is 3.49. The van der Waals surface area contributed by atoms with Gasteiger partial charge in [0.25, 0.3) is 0 Å². The molecule has 0 heterocycles. The number of para-hydroxylation sites is 1. The van der Waals surface area contributed by atoms with Gasteiger partial charge in [0.2, 0.25) is 9.04 Å². The monoisotopic (exact) mass is 239 g/mol. The van der Waals surface area contributed by atoms with Crippen molar-refractivity contribution < 1.29 is 14.3 Å². The van der Waals surface area contributed by atoms with E-state index in [1.165, 1.54) is 0 Å². The predicted molar refractivity (Wildman–Crippen MR) is 66.4 cm³/mol. The van der Waals surface area contributed by atoms with Crippen molar-refractivity contribution in [3.63, 3.8) is 0 Å². The van der Waals surface area contributed by atoms with Crippen molar-refractivity contribution >= 4 is 14.2 Å². The highest BCUT2D eigenvalue weighted by atomic mass is 28.3. The summed E-state index contributed by atoms with van der Waals surface area (Å²) >= 11 is 0. The van der Waals surface area contributed by atoms with Gasteiger partial charge in [0.1, 0.15) is 5.75 Å². The first-order valence-electron chi connectivity index (χ1n) is 5.55. The van der Waals surface area contributed by atoms with E-state index in [2.05, 4.69) is 6.92 Å². The van der Waals surface area contributed by atoms with Crippen molar-refractivity contribution in [1.82, 2.24) is 0 Å². The molecule has 1 aromatic carbocycles. The van der Waals surface area contributed by atoms with Crippen LogP contribution in [0.15, 0.2) is 24.3 Å². The highest BCUT2D eigenvalue weighted by Gasteiger charge is 2.16. The fourth-order valence-electron chi connectivity index (χ4n) is 1.48. The number of hydrogen-bond acceptors (Lipinski definition) is 3. The van der Waals surface area contributed by atoms with E-state index in [4.69, 9.17) is 9.16 Å². The number of ether oxygens (including phenoxy) is 1. The van der Waals surface area contributed by atoms with Crippen LogP contribution in [-0.2, 0) is 9.16 Å². The number of aromatic hydroxyl groups is 1. The number of benzene rings is 1. The lowest BCUT2D eigenvalue weighted by Crippen LogP contribution is -2.33. The van der Waals surface area contributed by atoms with Crippen molar-refractivity contribution in [1.29, 1.82) is 0 Å². The Labute approximate surface area is 98.7 Å². The number of phenols is 1. The van der Waals surface area contributed by atoms with Gasteiger partial charge in [-0.2, -0.15) is 0 Å². The molecule has 0 unspecified atom stereocenters. The highest BCUT2D eigenvalue weighted by molar-refractivity contribution is 6.68. The number of methoxy groups -OCH3 is 1. The van der Waals surface area contributed by atoms with Crippen LogP contribution < -0.4 is 5.19 Å². The predicted octanol–water partition coefficient (Wildman–Crippen LogP) is 1.66. The van der Waals surface area contributed by atoms with E-state index in [1.807, 2.05) is 18.2 Å². The molecule has 89 valence electrons. The number of phenolic OH excluding ortho intramolecular Hbond substituents is 1. The van der Waals surface area contributed by atoms with Gasteiger partial charge in [-0.1, -0.05) is 25.1 Å². The van der Waals surface area contributed by atoms with E-state index in [9.17, 15) is 5.11 Å². The van der Waals surface area contributed by atoms with Gasteiger partial charge < -0.3 is 14.3 Å². The molecule has 0 atom stereocenters. The van der Waals surface area contributed by atoms with Gasteiger partial charge in [-0.3, -0.25) is 0 Å². The zero-order valence-electron chi connectivity index (χ0n) is 9.90. The average Bonchev–Trinajstić information content (AvgIpc) is 2.31. The molecule has 0 bridgehead atoms. The summed E-state index contributed by atoms with van der Waals surface area (Å²) in [7, 11) is 0.612. The zero-order valence-corrected chi connectivity index (χ0v) is 10.9. The van der Waals surface area contributed by atoms with Crippen LogP contribution in [0.25, 0.3) is 0 Å². The van der Waals surface area contributed by atoms with Gasteiger partial charge in [-0.05, 0) is 18.5 Å². The molecule has 16 heavy (non-hydrogen) atoms. The Bertz CT molecular complexity index is 304. The summed E-state index contributed by atoms with van der Waals surface area (Å²) in [5.74, 6) is 0.352. The smallest absolute Gasteiger partial charge is 0.250 e.